The van der Waals surface area contributed by atoms with E-state index in [9.17, 15) is 4.79 Å². The van der Waals surface area contributed by atoms with Crippen LogP contribution >= 0.6 is 34.8 Å². The molecule has 0 unspecified atom stereocenters. The molecule has 92 valence electrons. The lowest BCUT2D eigenvalue weighted by molar-refractivity contribution is 0.101. The van der Waals surface area contributed by atoms with Gasteiger partial charge in [0.1, 0.15) is 0 Å². The zero-order valence-corrected chi connectivity index (χ0v) is 11.8. The van der Waals surface area contributed by atoms with Crippen molar-refractivity contribution in [3.63, 3.8) is 0 Å². The number of hydrogen-bond donors (Lipinski definition) is 0. The molecule has 0 saturated carbocycles. The van der Waals surface area contributed by atoms with Crippen molar-refractivity contribution < 1.29 is 4.79 Å². The van der Waals surface area contributed by atoms with E-state index in [1.54, 1.807) is 36.4 Å². The molecule has 2 aromatic carbocycles. The Balaban J connectivity index is 2.54. The van der Waals surface area contributed by atoms with Crippen molar-refractivity contribution in [2.45, 2.75) is 6.92 Å². The molecular formula is C14H9Cl3O. The van der Waals surface area contributed by atoms with Gasteiger partial charge in [0.15, 0.2) is 5.78 Å². The lowest BCUT2D eigenvalue weighted by atomic mass is 10.0. The zero-order valence-electron chi connectivity index (χ0n) is 9.51. The minimum absolute atomic E-state index is 0.0225. The van der Waals surface area contributed by atoms with Crippen molar-refractivity contribution in [1.82, 2.24) is 0 Å². The fraction of sp³-hybridized carbons (Fsp3) is 0.0714. The molecule has 0 aliphatic rings. The Hall–Kier alpha value is -1.02. The summed E-state index contributed by atoms with van der Waals surface area (Å²) in [6.07, 6.45) is 0. The first-order valence-corrected chi connectivity index (χ1v) is 6.38. The molecule has 0 bridgehead atoms. The Morgan fingerprint density at radius 3 is 1.94 bits per heavy atom. The molecule has 0 spiro atoms. The van der Waals surface area contributed by atoms with E-state index < -0.39 is 0 Å². The van der Waals surface area contributed by atoms with Gasteiger partial charge in [0.25, 0.3) is 0 Å². The van der Waals surface area contributed by atoms with Crippen LogP contribution in [0.1, 0.15) is 17.3 Å². The summed E-state index contributed by atoms with van der Waals surface area (Å²) < 4.78 is 0. The first kappa shape index (κ1) is 13.4. The maximum Gasteiger partial charge on any atom is 0.159 e. The van der Waals surface area contributed by atoms with E-state index in [-0.39, 0.29) is 5.78 Å². The van der Waals surface area contributed by atoms with Crippen LogP contribution in [0.4, 0.5) is 0 Å². The van der Waals surface area contributed by atoms with Crippen LogP contribution < -0.4 is 0 Å². The monoisotopic (exact) mass is 298 g/mol. The highest BCUT2D eigenvalue weighted by atomic mass is 35.5. The van der Waals surface area contributed by atoms with E-state index in [0.29, 0.717) is 20.6 Å². The number of carbonyl (C=O) groups excluding carboxylic acids is 1. The third kappa shape index (κ3) is 2.69. The summed E-state index contributed by atoms with van der Waals surface area (Å²) in [7, 11) is 0. The molecule has 0 saturated heterocycles. The van der Waals surface area contributed by atoms with Gasteiger partial charge in [-0.2, -0.15) is 0 Å². The predicted molar refractivity (Wildman–Crippen MR) is 76.9 cm³/mol. The standard InChI is InChI=1S/C14H9Cl3O/c1-8(18)9-2-4-11(13(16)6-9)12-5-3-10(15)7-14(12)17/h2-7H,1H3. The molecule has 0 radical (unpaired) electrons. The van der Waals surface area contributed by atoms with Gasteiger partial charge in [-0.3, -0.25) is 4.79 Å². The topological polar surface area (TPSA) is 17.1 Å². The van der Waals surface area contributed by atoms with Crippen LogP contribution in [-0.2, 0) is 0 Å². The highest BCUT2D eigenvalue weighted by Gasteiger charge is 2.10. The summed E-state index contributed by atoms with van der Waals surface area (Å²) >= 11 is 18.2. The van der Waals surface area contributed by atoms with Gasteiger partial charge in [-0.1, -0.05) is 53.0 Å². The molecule has 1 nitrogen and oxygen atoms in total. The Morgan fingerprint density at radius 2 is 1.44 bits per heavy atom. The molecule has 0 aliphatic heterocycles. The molecule has 0 N–H and O–H groups in total. The van der Waals surface area contributed by atoms with Crippen molar-refractivity contribution in [1.29, 1.82) is 0 Å². The summed E-state index contributed by atoms with van der Waals surface area (Å²) in [4.78, 5) is 11.3. The van der Waals surface area contributed by atoms with Crippen LogP contribution in [0.5, 0.6) is 0 Å². The fourth-order valence-electron chi connectivity index (χ4n) is 1.66. The van der Waals surface area contributed by atoms with Gasteiger partial charge in [-0.05, 0) is 25.1 Å². The molecule has 0 aromatic heterocycles. The maximum absolute atomic E-state index is 11.3. The van der Waals surface area contributed by atoms with Gasteiger partial charge in [-0.25, -0.2) is 0 Å². The first-order valence-electron chi connectivity index (χ1n) is 5.25. The number of rotatable bonds is 2. The second kappa shape index (κ2) is 5.31. The summed E-state index contributed by atoms with van der Waals surface area (Å²) in [6, 6.07) is 10.4. The number of carbonyl (C=O) groups is 1. The Bertz CT molecular complexity index is 620. The average molecular weight is 300 g/mol. The van der Waals surface area contributed by atoms with E-state index in [4.69, 9.17) is 34.8 Å². The summed E-state index contributed by atoms with van der Waals surface area (Å²) in [5.74, 6) is -0.0225. The van der Waals surface area contributed by atoms with Crippen LogP contribution in [0.3, 0.4) is 0 Å². The van der Waals surface area contributed by atoms with Gasteiger partial charge in [0.05, 0.1) is 0 Å². The van der Waals surface area contributed by atoms with E-state index in [0.717, 1.165) is 11.1 Å². The normalized spacial score (nSPS) is 10.4. The van der Waals surface area contributed by atoms with E-state index in [1.807, 2.05) is 0 Å². The Kier molecular flexibility index (Phi) is 3.96. The zero-order chi connectivity index (χ0) is 13.3. The first-order chi connectivity index (χ1) is 8.49. The third-order valence-electron chi connectivity index (χ3n) is 2.60. The largest absolute Gasteiger partial charge is 0.295 e. The molecule has 0 aliphatic carbocycles. The van der Waals surface area contributed by atoms with Crippen molar-refractivity contribution in [2.24, 2.45) is 0 Å². The van der Waals surface area contributed by atoms with E-state index in [2.05, 4.69) is 0 Å². The van der Waals surface area contributed by atoms with Gasteiger partial charge in [-0.15, -0.1) is 0 Å². The second-order valence-electron chi connectivity index (χ2n) is 3.87. The Morgan fingerprint density at radius 1 is 0.889 bits per heavy atom. The molecule has 0 fully saturated rings. The quantitative estimate of drug-likeness (QED) is 0.668. The smallest absolute Gasteiger partial charge is 0.159 e. The molecule has 0 amide bonds. The van der Waals surface area contributed by atoms with Gasteiger partial charge >= 0.3 is 0 Å². The van der Waals surface area contributed by atoms with Gasteiger partial charge in [0.2, 0.25) is 0 Å². The lowest BCUT2D eigenvalue weighted by Gasteiger charge is -2.08. The lowest BCUT2D eigenvalue weighted by Crippen LogP contribution is -1.92. The summed E-state index contributed by atoms with van der Waals surface area (Å²) in [5.41, 5.74) is 2.15. The van der Waals surface area contributed by atoms with Crippen LogP contribution in [0.15, 0.2) is 36.4 Å². The number of Topliss-reactive ketones (excluding diaryl/α,β-unsaturated/α-hetero) is 1. The van der Waals surface area contributed by atoms with Crippen molar-refractivity contribution in [2.75, 3.05) is 0 Å². The third-order valence-corrected chi connectivity index (χ3v) is 3.46. The van der Waals surface area contributed by atoms with Crippen LogP contribution in [-0.4, -0.2) is 5.78 Å². The van der Waals surface area contributed by atoms with Gasteiger partial charge in [0, 0.05) is 31.8 Å². The van der Waals surface area contributed by atoms with E-state index in [1.165, 1.54) is 6.92 Å². The number of hydrogen-bond acceptors (Lipinski definition) is 1. The van der Waals surface area contributed by atoms with Crippen molar-refractivity contribution in [3.05, 3.63) is 57.0 Å². The minimum atomic E-state index is -0.0225. The number of ketones is 1. The summed E-state index contributed by atoms with van der Waals surface area (Å²) in [5, 5.41) is 1.59. The number of benzene rings is 2. The van der Waals surface area contributed by atoms with Crippen LogP contribution in [0.25, 0.3) is 11.1 Å². The van der Waals surface area contributed by atoms with Crippen molar-refractivity contribution in [3.8, 4) is 11.1 Å². The molecule has 0 heterocycles. The highest BCUT2D eigenvalue weighted by Crippen LogP contribution is 2.35. The van der Waals surface area contributed by atoms with E-state index >= 15 is 0 Å². The van der Waals surface area contributed by atoms with Gasteiger partial charge < -0.3 is 0 Å². The minimum Gasteiger partial charge on any atom is -0.295 e. The summed E-state index contributed by atoms with van der Waals surface area (Å²) in [6.45, 7) is 1.50. The Labute approximate surface area is 120 Å². The SMILES string of the molecule is CC(=O)c1ccc(-c2ccc(Cl)cc2Cl)c(Cl)c1. The molecule has 4 heteroatoms. The highest BCUT2D eigenvalue weighted by molar-refractivity contribution is 6.38. The van der Waals surface area contributed by atoms with Crippen molar-refractivity contribution >= 4 is 40.6 Å². The molecule has 18 heavy (non-hydrogen) atoms. The second-order valence-corrected chi connectivity index (χ2v) is 5.13. The van der Waals surface area contributed by atoms with Crippen LogP contribution in [0, 0.1) is 0 Å². The predicted octanol–water partition coefficient (Wildman–Crippen LogP) is 5.52. The molecular weight excluding hydrogens is 291 g/mol. The van der Waals surface area contributed by atoms with Crippen LogP contribution in [0.2, 0.25) is 15.1 Å². The fourth-order valence-corrected chi connectivity index (χ4v) is 2.45. The molecule has 2 aromatic rings. The molecule has 2 rings (SSSR count). The molecule has 0 atom stereocenters. The maximum atomic E-state index is 11.3. The number of halogens is 3. The average Bonchev–Trinajstić information content (AvgIpc) is 2.30.